The van der Waals surface area contributed by atoms with Crippen LogP contribution in [0.15, 0.2) is 60.9 Å². The first-order valence-electron chi connectivity index (χ1n) is 9.99. The third kappa shape index (κ3) is 5.96. The minimum atomic E-state index is -0.621. The summed E-state index contributed by atoms with van der Waals surface area (Å²) in [6.45, 7) is 0.797. The Morgan fingerprint density at radius 2 is 1.97 bits per heavy atom. The molecule has 0 spiro atoms. The van der Waals surface area contributed by atoms with Crippen LogP contribution in [0.4, 0.5) is 10.1 Å². The number of carbonyl (C=O) groups is 2. The molecule has 166 valence electrons. The Hall–Kier alpha value is -3.62. The highest BCUT2D eigenvalue weighted by Crippen LogP contribution is 2.27. The summed E-state index contributed by atoms with van der Waals surface area (Å²) in [5.74, 6) is -1.44. The Kier molecular flexibility index (Phi) is 8.02. The number of nitrogens with zero attached hydrogens (tertiary/aromatic N) is 1. The van der Waals surface area contributed by atoms with Crippen molar-refractivity contribution < 1.29 is 23.5 Å². The number of esters is 1. The summed E-state index contributed by atoms with van der Waals surface area (Å²) in [7, 11) is 1.54. The monoisotopic (exact) mass is 437 g/mol. The molecule has 0 bridgehead atoms. The van der Waals surface area contributed by atoms with Gasteiger partial charge >= 0.3 is 5.97 Å². The molecule has 1 aromatic heterocycles. The number of aromatic nitrogens is 1. The lowest BCUT2D eigenvalue weighted by molar-refractivity contribution is -0.144. The third-order valence-electron chi connectivity index (χ3n) is 4.75. The van der Waals surface area contributed by atoms with Crippen LogP contribution in [0.3, 0.4) is 0 Å². The van der Waals surface area contributed by atoms with Gasteiger partial charge in [-0.25, -0.2) is 4.39 Å². The van der Waals surface area contributed by atoms with Crippen molar-refractivity contribution in [3.8, 4) is 11.1 Å². The number of ether oxygens (including phenoxy) is 2. The molecular weight excluding hydrogens is 413 g/mol. The quantitative estimate of drug-likeness (QED) is 0.393. The topological polar surface area (TPSA) is 104 Å². The Bertz CT molecular complexity index is 1100. The van der Waals surface area contributed by atoms with Gasteiger partial charge in [-0.15, -0.1) is 0 Å². The van der Waals surface area contributed by atoms with E-state index in [1.165, 1.54) is 19.4 Å². The number of rotatable bonds is 9. The zero-order chi connectivity index (χ0) is 22.9. The maximum Gasteiger partial charge on any atom is 0.310 e. The summed E-state index contributed by atoms with van der Waals surface area (Å²) in [4.78, 5) is 28.4. The average Bonchev–Trinajstić information content (AvgIpc) is 2.80. The normalized spacial score (nSPS) is 10.6. The number of hydrogen-bond donors (Lipinski definition) is 2. The summed E-state index contributed by atoms with van der Waals surface area (Å²) in [5.41, 5.74) is 9.44. The molecule has 0 atom stereocenters. The molecule has 1 amide bonds. The minimum absolute atomic E-state index is 0.0448. The van der Waals surface area contributed by atoms with E-state index < -0.39 is 11.7 Å². The van der Waals surface area contributed by atoms with Crippen LogP contribution < -0.4 is 11.1 Å². The first kappa shape index (κ1) is 23.1. The molecule has 3 rings (SSSR count). The number of nitrogens with one attached hydrogen (secondary N) is 1. The average molecular weight is 437 g/mol. The molecule has 0 aliphatic rings. The van der Waals surface area contributed by atoms with Crippen molar-refractivity contribution in [2.75, 3.05) is 25.6 Å². The molecule has 8 heteroatoms. The molecule has 0 saturated heterocycles. The van der Waals surface area contributed by atoms with Gasteiger partial charge in [0.1, 0.15) is 6.61 Å². The number of hydrogen-bond acceptors (Lipinski definition) is 6. The number of anilines is 1. The van der Waals surface area contributed by atoms with E-state index in [9.17, 15) is 14.0 Å². The van der Waals surface area contributed by atoms with E-state index in [0.717, 1.165) is 28.5 Å². The van der Waals surface area contributed by atoms with Crippen LogP contribution in [0, 0.1) is 5.82 Å². The number of carbonyl (C=O) groups excluding carboxylic acids is 2. The van der Waals surface area contributed by atoms with Crippen LogP contribution in [0.2, 0.25) is 0 Å². The van der Waals surface area contributed by atoms with Gasteiger partial charge in [0, 0.05) is 25.4 Å². The standard InChI is InChI=1S/C24H24FN3O4/c1-31-9-10-32-23(29)12-16-3-2-4-17(11-16)20-13-18(5-6-19(20)14-26)24(30)28-22-7-8-27-15-21(22)25/h2-8,11,13,15H,9-10,12,14,26H2,1H3,(H,27,28,30). The first-order chi connectivity index (χ1) is 15.5. The predicted octanol–water partition coefficient (Wildman–Crippen LogP) is 3.33. The highest BCUT2D eigenvalue weighted by Gasteiger charge is 2.14. The maximum atomic E-state index is 13.8. The predicted molar refractivity (Wildman–Crippen MR) is 118 cm³/mol. The smallest absolute Gasteiger partial charge is 0.310 e. The van der Waals surface area contributed by atoms with E-state index in [1.54, 1.807) is 18.2 Å². The van der Waals surface area contributed by atoms with Gasteiger partial charge in [0.25, 0.3) is 5.91 Å². The summed E-state index contributed by atoms with van der Waals surface area (Å²) >= 11 is 0. The summed E-state index contributed by atoms with van der Waals surface area (Å²) < 4.78 is 23.8. The molecule has 0 saturated carbocycles. The van der Waals surface area contributed by atoms with E-state index in [4.69, 9.17) is 15.2 Å². The Morgan fingerprint density at radius 1 is 1.12 bits per heavy atom. The second-order valence-corrected chi connectivity index (χ2v) is 6.98. The number of amides is 1. The SMILES string of the molecule is COCCOC(=O)Cc1cccc(-c2cc(C(=O)Nc3ccncc3F)ccc2CN)c1. The molecule has 2 aromatic carbocycles. The first-order valence-corrected chi connectivity index (χ1v) is 9.99. The Morgan fingerprint density at radius 3 is 2.72 bits per heavy atom. The van der Waals surface area contributed by atoms with Gasteiger partial charge in [0.2, 0.25) is 0 Å². The van der Waals surface area contributed by atoms with Gasteiger partial charge < -0.3 is 20.5 Å². The van der Waals surface area contributed by atoms with Crippen molar-refractivity contribution in [3.05, 3.63) is 83.4 Å². The van der Waals surface area contributed by atoms with Gasteiger partial charge in [-0.2, -0.15) is 0 Å². The van der Waals surface area contributed by atoms with Crippen LogP contribution in [0.1, 0.15) is 21.5 Å². The highest BCUT2D eigenvalue weighted by molar-refractivity contribution is 6.05. The van der Waals surface area contributed by atoms with Crippen molar-refractivity contribution in [1.82, 2.24) is 4.98 Å². The summed E-state index contributed by atoms with van der Waals surface area (Å²) in [6, 6.07) is 13.9. The number of benzene rings is 2. The van der Waals surface area contributed by atoms with Crippen molar-refractivity contribution in [2.24, 2.45) is 5.73 Å². The van der Waals surface area contributed by atoms with Crippen LogP contribution >= 0.6 is 0 Å². The summed E-state index contributed by atoms with van der Waals surface area (Å²) in [5, 5.41) is 2.55. The second-order valence-electron chi connectivity index (χ2n) is 6.98. The fraction of sp³-hybridized carbons (Fsp3) is 0.208. The number of pyridine rings is 1. The zero-order valence-corrected chi connectivity index (χ0v) is 17.6. The van der Waals surface area contributed by atoms with E-state index in [1.807, 2.05) is 24.3 Å². The van der Waals surface area contributed by atoms with E-state index in [-0.39, 0.29) is 31.2 Å². The highest BCUT2D eigenvalue weighted by atomic mass is 19.1. The van der Waals surface area contributed by atoms with E-state index in [2.05, 4.69) is 10.3 Å². The molecule has 0 aliphatic carbocycles. The summed E-state index contributed by atoms with van der Waals surface area (Å²) in [6.07, 6.45) is 2.54. The van der Waals surface area contributed by atoms with Crippen molar-refractivity contribution in [2.45, 2.75) is 13.0 Å². The Balaban J connectivity index is 1.83. The molecule has 32 heavy (non-hydrogen) atoms. The molecule has 1 heterocycles. The Labute approximate surface area is 185 Å². The van der Waals surface area contributed by atoms with Gasteiger partial charge in [0.15, 0.2) is 5.82 Å². The van der Waals surface area contributed by atoms with E-state index >= 15 is 0 Å². The van der Waals surface area contributed by atoms with Crippen LogP contribution in [0.25, 0.3) is 11.1 Å². The molecule has 0 radical (unpaired) electrons. The second kappa shape index (κ2) is 11.1. The van der Waals surface area contributed by atoms with Crippen LogP contribution in [0.5, 0.6) is 0 Å². The lowest BCUT2D eigenvalue weighted by atomic mass is 9.95. The molecule has 7 nitrogen and oxygen atoms in total. The van der Waals surface area contributed by atoms with Gasteiger partial charge in [-0.3, -0.25) is 14.6 Å². The van der Waals surface area contributed by atoms with Gasteiger partial charge in [-0.05, 0) is 40.5 Å². The fourth-order valence-corrected chi connectivity index (χ4v) is 3.14. The number of nitrogens with two attached hydrogens (primary N) is 1. The van der Waals surface area contributed by atoms with Crippen LogP contribution in [-0.4, -0.2) is 37.2 Å². The van der Waals surface area contributed by atoms with Gasteiger partial charge in [0.05, 0.1) is 24.9 Å². The lowest BCUT2D eigenvalue weighted by Crippen LogP contribution is -2.14. The zero-order valence-electron chi connectivity index (χ0n) is 17.6. The maximum absolute atomic E-state index is 13.8. The largest absolute Gasteiger partial charge is 0.463 e. The van der Waals surface area contributed by atoms with E-state index in [0.29, 0.717) is 12.2 Å². The van der Waals surface area contributed by atoms with Gasteiger partial charge in [-0.1, -0.05) is 30.3 Å². The fourth-order valence-electron chi connectivity index (χ4n) is 3.14. The van der Waals surface area contributed by atoms with Crippen molar-refractivity contribution >= 4 is 17.6 Å². The minimum Gasteiger partial charge on any atom is -0.463 e. The third-order valence-corrected chi connectivity index (χ3v) is 4.75. The molecule has 3 N–H and O–H groups in total. The molecule has 0 unspecified atom stereocenters. The van der Waals surface area contributed by atoms with Crippen molar-refractivity contribution in [3.63, 3.8) is 0 Å². The van der Waals surface area contributed by atoms with Crippen molar-refractivity contribution in [1.29, 1.82) is 0 Å². The number of halogens is 1. The molecule has 0 aliphatic heterocycles. The number of methoxy groups -OCH3 is 1. The lowest BCUT2D eigenvalue weighted by Gasteiger charge is -2.13. The van der Waals surface area contributed by atoms with Crippen LogP contribution in [-0.2, 0) is 27.2 Å². The molecule has 3 aromatic rings. The molecule has 0 fully saturated rings. The molecular formula is C24H24FN3O4.